The Balaban J connectivity index is -0.000000883. The van der Waals surface area contributed by atoms with Crippen LogP contribution in [-0.4, -0.2) is 115 Å². The van der Waals surface area contributed by atoms with E-state index >= 15 is 0 Å². The summed E-state index contributed by atoms with van der Waals surface area (Å²) in [5.74, 6) is 0. The summed E-state index contributed by atoms with van der Waals surface area (Å²) in [6.07, 6.45) is 0. The highest BCUT2D eigenvalue weighted by Crippen LogP contribution is 2.78. The maximum atomic E-state index is 12.3. The van der Waals surface area contributed by atoms with Crippen LogP contribution in [0, 0.1) is 0 Å². The van der Waals surface area contributed by atoms with Crippen molar-refractivity contribution in [3.05, 3.63) is 0 Å². The van der Waals surface area contributed by atoms with E-state index in [1.165, 1.54) is 0 Å². The first-order valence-corrected chi connectivity index (χ1v) is 31.5. The van der Waals surface area contributed by atoms with E-state index in [0.717, 1.165) is 35.5 Å². The topological polar surface area (TPSA) is 520 Å². The number of rotatable bonds is 30. The summed E-state index contributed by atoms with van der Waals surface area (Å²) in [4.78, 5) is 54.0. The van der Waals surface area contributed by atoms with Crippen LogP contribution < -0.4 is 0 Å². The van der Waals surface area contributed by atoms with Crippen LogP contribution in [0.1, 0.15) is 0 Å². The summed E-state index contributed by atoms with van der Waals surface area (Å²) in [6, 6.07) is 0. The summed E-state index contributed by atoms with van der Waals surface area (Å²) in [7, 11) is -51.0. The summed E-state index contributed by atoms with van der Waals surface area (Å²) >= 11 is 0. The first-order valence-electron chi connectivity index (χ1n) is 13.8. The quantitative estimate of drug-likeness (QED) is 0.0441. The molecular formula is C12H42O39P12. The van der Waals surface area contributed by atoms with E-state index in [1.807, 2.05) is 0 Å². The maximum absolute atomic E-state index is 12.3. The molecule has 0 heterocycles. The third kappa shape index (κ3) is 28.8. The molecule has 0 amide bonds. The van der Waals surface area contributed by atoms with Gasteiger partial charge in [0.25, 0.3) is 0 Å². The van der Waals surface area contributed by atoms with Crippen LogP contribution in [0.25, 0.3) is 0 Å². The molecule has 0 saturated heterocycles. The molecular weight excluding hydrogens is 1140 g/mol. The second-order valence-corrected chi connectivity index (χ2v) is 29.7. The molecule has 0 aromatic rings. The van der Waals surface area contributed by atoms with Crippen molar-refractivity contribution in [2.24, 2.45) is 0 Å². The summed E-state index contributed by atoms with van der Waals surface area (Å²) in [5.41, 5.74) is 0. The van der Waals surface area contributed by atoms with E-state index in [2.05, 4.69) is 93.1 Å². The number of phosphoric acid groups is 12. The normalized spacial score (nSPS) is 23.5. The van der Waals surface area contributed by atoms with Crippen LogP contribution in [0.15, 0.2) is 0 Å². The molecule has 0 aromatic carbocycles. The van der Waals surface area contributed by atoms with Gasteiger partial charge in [0.2, 0.25) is 0 Å². The van der Waals surface area contributed by atoms with Crippen molar-refractivity contribution in [1.29, 1.82) is 0 Å². The van der Waals surface area contributed by atoms with Crippen molar-refractivity contribution in [3.8, 4) is 0 Å². The minimum absolute atomic E-state index is 0.629. The Bertz CT molecular complexity index is 1900. The summed E-state index contributed by atoms with van der Waals surface area (Å²) in [6.45, 7) is 0. The Hall–Kier alpha value is 1.68. The first kappa shape index (κ1) is 68.9. The molecule has 384 valence electrons. The molecule has 51 heteroatoms. The smallest absolute Gasteiger partial charge is 0.302 e. The largest absolute Gasteiger partial charge is 0.492 e. The predicted molar refractivity (Wildman–Crippen MR) is 198 cm³/mol. The summed E-state index contributed by atoms with van der Waals surface area (Å²) in [5, 5.41) is 0. The fourth-order valence-corrected chi connectivity index (χ4v) is 17.9. The SMILES string of the molecule is COP(=O)(O)OP(=O)(OC)OP(=O)(O)OC.COP(=O)(O)OP(=O)(OC)OP(=O)(OC)OP(=O)(O)OC.COP(=O)(O)OP(=O)(OC)OP(=O)(OC)OP(=O)(OC)OP(=O)(O)OC. The van der Waals surface area contributed by atoms with E-state index in [9.17, 15) is 54.8 Å². The van der Waals surface area contributed by atoms with Gasteiger partial charge in [-0.25, -0.2) is 54.8 Å². The lowest BCUT2D eigenvalue weighted by Gasteiger charge is -2.24. The van der Waals surface area contributed by atoms with Gasteiger partial charge in [0.15, 0.2) is 0 Å². The van der Waals surface area contributed by atoms with Gasteiger partial charge in [-0.2, -0.15) is 38.8 Å². The van der Waals surface area contributed by atoms with Crippen molar-refractivity contribution in [2.75, 3.05) is 85.3 Å². The minimum atomic E-state index is -5.27. The van der Waals surface area contributed by atoms with Crippen molar-refractivity contribution in [1.82, 2.24) is 0 Å². The average molecular weight is 1180 g/mol. The van der Waals surface area contributed by atoms with Crippen molar-refractivity contribution < 1.29 is 177 Å². The van der Waals surface area contributed by atoms with E-state index in [0.29, 0.717) is 49.8 Å². The summed E-state index contributed by atoms with van der Waals surface area (Å²) < 4.78 is 224. The van der Waals surface area contributed by atoms with E-state index < -0.39 is 93.9 Å². The third-order valence-electron chi connectivity index (χ3n) is 4.55. The van der Waals surface area contributed by atoms with Gasteiger partial charge in [-0.15, -0.1) is 0 Å². The van der Waals surface area contributed by atoms with E-state index in [4.69, 9.17) is 29.4 Å². The monoisotopic (exact) mass is 1180 g/mol. The van der Waals surface area contributed by atoms with Gasteiger partial charge in [-0.05, 0) is 0 Å². The van der Waals surface area contributed by atoms with Gasteiger partial charge in [0, 0.05) is 85.3 Å². The second kappa shape index (κ2) is 27.9. The lowest BCUT2D eigenvalue weighted by atomic mass is 11.8. The molecule has 0 aliphatic rings. The van der Waals surface area contributed by atoms with Crippen LogP contribution >= 0.6 is 93.9 Å². The van der Waals surface area contributed by atoms with Crippen LogP contribution in [0.3, 0.4) is 0 Å². The molecule has 0 bridgehead atoms. The number of hydrogen-bond acceptors (Lipinski definition) is 33. The fourth-order valence-electron chi connectivity index (χ4n) is 1.82. The average Bonchev–Trinajstić information content (AvgIpc) is 3.16. The third-order valence-corrected chi connectivity index (χ3v) is 24.5. The molecule has 10 unspecified atom stereocenters. The highest BCUT2D eigenvalue weighted by molar-refractivity contribution is 7.72. The molecule has 39 nitrogen and oxygen atoms in total. The molecule has 63 heavy (non-hydrogen) atoms. The first-order chi connectivity index (χ1) is 28.1. The van der Waals surface area contributed by atoms with Gasteiger partial charge < -0.3 is 29.4 Å². The highest BCUT2D eigenvalue weighted by Gasteiger charge is 2.51. The van der Waals surface area contributed by atoms with Gasteiger partial charge >= 0.3 is 93.9 Å². The van der Waals surface area contributed by atoms with Gasteiger partial charge in [-0.1, -0.05) is 0 Å². The second-order valence-electron chi connectivity index (χ2n) is 8.42. The lowest BCUT2D eigenvalue weighted by Crippen LogP contribution is -2.02. The Labute approximate surface area is 356 Å². The zero-order valence-corrected chi connectivity index (χ0v) is 44.3. The van der Waals surface area contributed by atoms with Crippen LogP contribution in [0.2, 0.25) is 0 Å². The molecule has 0 saturated carbocycles. The molecule has 10 atom stereocenters. The number of hydrogen-bond donors (Lipinski definition) is 6. The predicted octanol–water partition coefficient (Wildman–Crippen LogP) is 6.12. The molecule has 0 spiro atoms. The minimum Gasteiger partial charge on any atom is -0.302 e. The molecule has 0 fully saturated rings. The van der Waals surface area contributed by atoms with Crippen LogP contribution in [0.5, 0.6) is 0 Å². The Kier molecular flexibility index (Phi) is 30.5. The van der Waals surface area contributed by atoms with Gasteiger partial charge in [0.05, 0.1) is 0 Å². The lowest BCUT2D eigenvalue weighted by molar-refractivity contribution is 0.148. The fraction of sp³-hybridized carbons (Fsp3) is 1.00. The van der Waals surface area contributed by atoms with Gasteiger partial charge in [-0.3, -0.25) is 54.3 Å². The van der Waals surface area contributed by atoms with Crippen LogP contribution in [-0.2, 0) is 148 Å². The molecule has 0 rings (SSSR count). The van der Waals surface area contributed by atoms with Crippen molar-refractivity contribution >= 4 is 93.9 Å². The molecule has 6 N–H and O–H groups in total. The molecule has 0 aliphatic heterocycles. The van der Waals surface area contributed by atoms with Crippen molar-refractivity contribution in [3.63, 3.8) is 0 Å². The Morgan fingerprint density at radius 2 is 0.286 bits per heavy atom. The molecule has 0 radical (unpaired) electrons. The standard InChI is InChI=1S/C5H17O16P5.C4H14O13P4.C3H11O10P3/c1-13-22(6,7)18-24(10,15-3)20-26(12,17-5)21-25(11,16-4)19-23(8,9)14-2;1-11-18(5,6)15-20(9,13-3)17-21(10,14-4)16-19(7,8)12-2;1-9-14(4,5)12-16(8,11-3)13-15(6,7)10-2/h1-5H3,(H,6,7)(H,8,9);1-4H3,(H,5,6)(H,7,8);1-3H3,(H,4,5)(H,6,7). The zero-order chi connectivity index (χ0) is 50.8. The molecule has 0 aromatic heterocycles. The van der Waals surface area contributed by atoms with Crippen LogP contribution in [0.4, 0.5) is 0 Å². The molecule has 0 aliphatic carbocycles. The van der Waals surface area contributed by atoms with E-state index in [-0.39, 0.29) is 0 Å². The number of phosphoric ester groups is 6. The van der Waals surface area contributed by atoms with Crippen molar-refractivity contribution in [2.45, 2.75) is 0 Å². The Morgan fingerprint density at radius 1 is 0.190 bits per heavy atom. The van der Waals surface area contributed by atoms with Gasteiger partial charge in [0.1, 0.15) is 0 Å². The zero-order valence-electron chi connectivity index (χ0n) is 33.5. The highest BCUT2D eigenvalue weighted by atomic mass is 31.3. The maximum Gasteiger partial charge on any atom is 0.492 e. The Morgan fingerprint density at radius 3 is 0.381 bits per heavy atom. The van der Waals surface area contributed by atoms with E-state index in [1.54, 1.807) is 0 Å².